The Morgan fingerprint density at radius 2 is 1.81 bits per heavy atom. The van der Waals surface area contributed by atoms with Crippen LogP contribution in [0.4, 0.5) is 0 Å². The molecule has 0 radical (unpaired) electrons. The van der Waals surface area contributed by atoms with Crippen molar-refractivity contribution in [2.45, 2.75) is 70.8 Å². The number of carbonyl (C=O) groups is 1. The largest absolute Gasteiger partial charge is 0.343 e. The van der Waals surface area contributed by atoms with E-state index < -0.39 is 0 Å². The summed E-state index contributed by atoms with van der Waals surface area (Å²) in [6, 6.07) is 13.5. The van der Waals surface area contributed by atoms with Crippen molar-refractivity contribution in [2.75, 3.05) is 26.2 Å². The van der Waals surface area contributed by atoms with E-state index in [1.54, 1.807) is 0 Å². The molecule has 4 rings (SSSR count). The number of rotatable bonds is 7. The molecule has 0 unspecified atom stereocenters. The second kappa shape index (κ2) is 10.4. The van der Waals surface area contributed by atoms with Crippen LogP contribution in [0.25, 0.3) is 0 Å². The highest BCUT2D eigenvalue weighted by molar-refractivity contribution is 5.76. The number of pyridine rings is 1. The average molecular weight is 420 g/mol. The van der Waals surface area contributed by atoms with E-state index in [9.17, 15) is 4.79 Å². The van der Waals surface area contributed by atoms with Crippen molar-refractivity contribution in [2.24, 2.45) is 0 Å². The molecule has 0 saturated carbocycles. The van der Waals surface area contributed by atoms with Crippen molar-refractivity contribution < 1.29 is 4.79 Å². The van der Waals surface area contributed by atoms with Gasteiger partial charge in [-0.05, 0) is 88.2 Å². The van der Waals surface area contributed by atoms with Gasteiger partial charge in [-0.15, -0.1) is 0 Å². The molecule has 2 aromatic rings. The Bertz CT molecular complexity index is 849. The zero-order valence-corrected chi connectivity index (χ0v) is 19.2. The van der Waals surface area contributed by atoms with E-state index in [1.807, 2.05) is 6.20 Å². The molecular weight excluding hydrogens is 382 g/mol. The maximum absolute atomic E-state index is 12.7. The maximum atomic E-state index is 12.7. The molecule has 4 heteroatoms. The Hall–Kier alpha value is -2.20. The van der Waals surface area contributed by atoms with Crippen molar-refractivity contribution in [1.29, 1.82) is 0 Å². The van der Waals surface area contributed by atoms with Crippen molar-refractivity contribution in [3.8, 4) is 0 Å². The first-order valence-corrected chi connectivity index (χ1v) is 12.1. The number of aryl methyl sites for hydroxylation is 1. The molecule has 0 bridgehead atoms. The molecule has 4 nitrogen and oxygen atoms in total. The van der Waals surface area contributed by atoms with E-state index in [2.05, 4.69) is 60.0 Å². The lowest BCUT2D eigenvalue weighted by Crippen LogP contribution is -2.39. The SMILES string of the molecule is Cc1ccccc1Cc1ccc(C2CCN(C(=O)CC[C@H](C)N3CCCC3)CC2)nc1. The molecule has 1 amide bonds. The third-order valence-electron chi connectivity index (χ3n) is 7.31. The van der Waals surface area contributed by atoms with Gasteiger partial charge in [0.15, 0.2) is 0 Å². The van der Waals surface area contributed by atoms with Crippen LogP contribution in [0.2, 0.25) is 0 Å². The fraction of sp³-hybridized carbons (Fsp3) is 0.556. The highest BCUT2D eigenvalue weighted by Gasteiger charge is 2.25. The Balaban J connectivity index is 1.23. The quantitative estimate of drug-likeness (QED) is 0.637. The van der Waals surface area contributed by atoms with Crippen molar-refractivity contribution in [3.05, 3.63) is 65.0 Å². The topological polar surface area (TPSA) is 36.4 Å². The molecule has 166 valence electrons. The van der Waals surface area contributed by atoms with Crippen LogP contribution in [0, 0.1) is 6.92 Å². The van der Waals surface area contributed by atoms with Crippen LogP contribution in [0.15, 0.2) is 42.6 Å². The zero-order chi connectivity index (χ0) is 21.6. The highest BCUT2D eigenvalue weighted by Crippen LogP contribution is 2.28. The molecule has 1 aromatic carbocycles. The summed E-state index contributed by atoms with van der Waals surface area (Å²) in [6.07, 6.45) is 9.33. The van der Waals surface area contributed by atoms with E-state index in [0.717, 1.165) is 38.8 Å². The third kappa shape index (κ3) is 5.74. The van der Waals surface area contributed by atoms with E-state index in [1.165, 1.54) is 48.3 Å². The number of benzene rings is 1. The number of aromatic nitrogens is 1. The molecular formula is C27H37N3O. The van der Waals surface area contributed by atoms with Crippen LogP contribution in [0.5, 0.6) is 0 Å². The Kier molecular flexibility index (Phi) is 7.39. The van der Waals surface area contributed by atoms with Gasteiger partial charge in [0.1, 0.15) is 0 Å². The lowest BCUT2D eigenvalue weighted by atomic mass is 9.92. The van der Waals surface area contributed by atoms with Crippen molar-refractivity contribution in [3.63, 3.8) is 0 Å². The third-order valence-corrected chi connectivity index (χ3v) is 7.31. The second-order valence-corrected chi connectivity index (χ2v) is 9.48. The summed E-state index contributed by atoms with van der Waals surface area (Å²) in [6.45, 7) is 8.59. The number of likely N-dealkylation sites (tertiary alicyclic amines) is 2. The van der Waals surface area contributed by atoms with Crippen LogP contribution >= 0.6 is 0 Å². The lowest BCUT2D eigenvalue weighted by Gasteiger charge is -2.32. The summed E-state index contributed by atoms with van der Waals surface area (Å²) in [4.78, 5) is 22.1. The Labute approximate surface area is 187 Å². The molecule has 2 aliphatic heterocycles. The summed E-state index contributed by atoms with van der Waals surface area (Å²) in [7, 11) is 0. The minimum absolute atomic E-state index is 0.339. The lowest BCUT2D eigenvalue weighted by molar-refractivity contribution is -0.132. The van der Waals surface area contributed by atoms with Gasteiger partial charge in [-0.1, -0.05) is 30.3 Å². The normalized spacial score (nSPS) is 19.0. The van der Waals surface area contributed by atoms with Gasteiger partial charge >= 0.3 is 0 Å². The van der Waals surface area contributed by atoms with Gasteiger partial charge in [0, 0.05) is 43.4 Å². The molecule has 0 spiro atoms. The Morgan fingerprint density at radius 3 is 2.48 bits per heavy atom. The van der Waals surface area contributed by atoms with Gasteiger partial charge in [0.25, 0.3) is 0 Å². The maximum Gasteiger partial charge on any atom is 0.222 e. The molecule has 1 atom stereocenters. The van der Waals surface area contributed by atoms with Gasteiger partial charge in [-0.2, -0.15) is 0 Å². The molecule has 2 aliphatic rings. The first-order chi connectivity index (χ1) is 15.1. The smallest absolute Gasteiger partial charge is 0.222 e. The predicted octanol–water partition coefficient (Wildman–Crippen LogP) is 4.95. The molecule has 0 N–H and O–H groups in total. The van der Waals surface area contributed by atoms with E-state index >= 15 is 0 Å². The summed E-state index contributed by atoms with van der Waals surface area (Å²) < 4.78 is 0. The molecule has 2 saturated heterocycles. The molecule has 31 heavy (non-hydrogen) atoms. The summed E-state index contributed by atoms with van der Waals surface area (Å²) in [5.74, 6) is 0.811. The standard InChI is InChI=1S/C27H37N3O/c1-21-7-3-4-8-25(21)19-23-10-11-26(28-20-23)24-13-17-30(18-14-24)27(31)12-9-22(2)29-15-5-6-16-29/h3-4,7-8,10-11,20,22,24H,5-6,9,12-19H2,1-2H3/t22-/m0/s1. The van der Waals surface area contributed by atoms with Gasteiger partial charge in [0.2, 0.25) is 5.91 Å². The minimum Gasteiger partial charge on any atom is -0.343 e. The number of hydrogen-bond donors (Lipinski definition) is 0. The first kappa shape index (κ1) is 22.0. The van der Waals surface area contributed by atoms with Gasteiger partial charge < -0.3 is 9.80 Å². The molecule has 0 aliphatic carbocycles. The first-order valence-electron chi connectivity index (χ1n) is 12.1. The van der Waals surface area contributed by atoms with E-state index in [4.69, 9.17) is 4.98 Å². The minimum atomic E-state index is 0.339. The van der Waals surface area contributed by atoms with Gasteiger partial charge in [0.05, 0.1) is 0 Å². The Morgan fingerprint density at radius 1 is 1.06 bits per heavy atom. The van der Waals surface area contributed by atoms with Crippen LogP contribution in [-0.4, -0.2) is 52.9 Å². The fourth-order valence-electron chi connectivity index (χ4n) is 5.09. The van der Waals surface area contributed by atoms with Crippen molar-refractivity contribution >= 4 is 5.91 Å². The van der Waals surface area contributed by atoms with Gasteiger partial charge in [-0.3, -0.25) is 9.78 Å². The molecule has 3 heterocycles. The van der Waals surface area contributed by atoms with E-state index in [0.29, 0.717) is 24.3 Å². The number of amides is 1. The average Bonchev–Trinajstić information content (AvgIpc) is 3.35. The molecule has 1 aromatic heterocycles. The number of piperidine rings is 1. The monoisotopic (exact) mass is 419 g/mol. The van der Waals surface area contributed by atoms with Crippen LogP contribution in [0.3, 0.4) is 0 Å². The predicted molar refractivity (Wildman–Crippen MR) is 126 cm³/mol. The number of hydrogen-bond acceptors (Lipinski definition) is 3. The van der Waals surface area contributed by atoms with Crippen LogP contribution in [-0.2, 0) is 11.2 Å². The number of carbonyl (C=O) groups excluding carboxylic acids is 1. The fourth-order valence-corrected chi connectivity index (χ4v) is 5.09. The second-order valence-electron chi connectivity index (χ2n) is 9.48. The van der Waals surface area contributed by atoms with E-state index in [-0.39, 0.29) is 0 Å². The van der Waals surface area contributed by atoms with Crippen LogP contribution in [0.1, 0.15) is 73.8 Å². The van der Waals surface area contributed by atoms with Crippen molar-refractivity contribution in [1.82, 2.24) is 14.8 Å². The summed E-state index contributed by atoms with van der Waals surface area (Å²) in [5.41, 5.74) is 5.14. The van der Waals surface area contributed by atoms with Crippen LogP contribution < -0.4 is 0 Å². The summed E-state index contributed by atoms with van der Waals surface area (Å²) >= 11 is 0. The summed E-state index contributed by atoms with van der Waals surface area (Å²) in [5, 5.41) is 0. The van der Waals surface area contributed by atoms with Gasteiger partial charge in [-0.25, -0.2) is 0 Å². The zero-order valence-electron chi connectivity index (χ0n) is 19.2. The number of nitrogens with zero attached hydrogens (tertiary/aromatic N) is 3. The highest BCUT2D eigenvalue weighted by atomic mass is 16.2. The molecule has 2 fully saturated rings.